The number of likely N-dealkylation sites (tertiary alicyclic amines) is 1. The molecule has 3 N–H and O–H groups in total. The van der Waals surface area contributed by atoms with Crippen molar-refractivity contribution >= 4 is 11.8 Å². The standard InChI is InChI=1S/C25H38N4O2/c1-18-7-9-20(10-8-18)25(31)29-17-22(15-23(29)24(30)27-14-13-26)28(21-11-12-21)16-19-5-3-2-4-6-19/h7-10,19,21-23H,2-6,11-17,26H2,1H3,(H,27,30). The number of hydrogen-bond acceptors (Lipinski definition) is 4. The Labute approximate surface area is 186 Å². The van der Waals surface area contributed by atoms with Gasteiger partial charge in [-0.15, -0.1) is 0 Å². The van der Waals surface area contributed by atoms with Crippen LogP contribution in [-0.2, 0) is 4.79 Å². The Morgan fingerprint density at radius 2 is 1.77 bits per heavy atom. The second-order valence-corrected chi connectivity index (χ2v) is 9.74. The lowest BCUT2D eigenvalue weighted by molar-refractivity contribution is -0.124. The number of benzene rings is 1. The molecule has 1 aromatic carbocycles. The highest BCUT2D eigenvalue weighted by atomic mass is 16.2. The third kappa shape index (κ3) is 5.47. The van der Waals surface area contributed by atoms with E-state index in [0.29, 0.717) is 31.2 Å². The first kappa shape index (κ1) is 22.3. The number of carbonyl (C=O) groups excluding carboxylic acids is 2. The number of aryl methyl sites for hydroxylation is 1. The van der Waals surface area contributed by atoms with E-state index in [0.717, 1.165) is 24.4 Å². The fourth-order valence-corrected chi connectivity index (χ4v) is 5.37. The fraction of sp³-hybridized carbons (Fsp3) is 0.680. The normalized spacial score (nSPS) is 24.5. The molecular weight excluding hydrogens is 388 g/mol. The quantitative estimate of drug-likeness (QED) is 0.670. The molecule has 1 aromatic rings. The maximum atomic E-state index is 13.4. The highest BCUT2D eigenvalue weighted by molar-refractivity contribution is 5.98. The lowest BCUT2D eigenvalue weighted by atomic mass is 9.88. The molecule has 170 valence electrons. The number of nitrogens with one attached hydrogen (secondary N) is 1. The van der Waals surface area contributed by atoms with E-state index in [4.69, 9.17) is 5.73 Å². The van der Waals surface area contributed by atoms with Crippen molar-refractivity contribution in [2.24, 2.45) is 11.7 Å². The summed E-state index contributed by atoms with van der Waals surface area (Å²) in [6.07, 6.45) is 9.91. The zero-order chi connectivity index (χ0) is 21.8. The van der Waals surface area contributed by atoms with Crippen LogP contribution in [0.2, 0.25) is 0 Å². The van der Waals surface area contributed by atoms with Gasteiger partial charge in [-0.25, -0.2) is 0 Å². The molecule has 2 saturated carbocycles. The Bertz CT molecular complexity index is 755. The Hall–Kier alpha value is -1.92. The van der Waals surface area contributed by atoms with E-state index >= 15 is 0 Å². The van der Waals surface area contributed by atoms with E-state index in [1.165, 1.54) is 44.9 Å². The van der Waals surface area contributed by atoms with Gasteiger partial charge in [0.1, 0.15) is 6.04 Å². The minimum atomic E-state index is -0.419. The summed E-state index contributed by atoms with van der Waals surface area (Å²) in [5.41, 5.74) is 7.39. The van der Waals surface area contributed by atoms with Crippen molar-refractivity contribution in [2.45, 2.75) is 76.4 Å². The molecule has 2 amide bonds. The maximum absolute atomic E-state index is 13.4. The average Bonchev–Trinajstić information content (AvgIpc) is 3.54. The predicted octanol–water partition coefficient (Wildman–Crippen LogP) is 2.70. The first-order valence-electron chi connectivity index (χ1n) is 12.2. The third-order valence-corrected chi connectivity index (χ3v) is 7.26. The van der Waals surface area contributed by atoms with Crippen LogP contribution in [0.25, 0.3) is 0 Å². The molecule has 6 heteroatoms. The molecule has 1 heterocycles. The van der Waals surface area contributed by atoms with Gasteiger partial charge >= 0.3 is 0 Å². The van der Waals surface area contributed by atoms with Gasteiger partial charge in [0, 0.05) is 43.8 Å². The molecule has 0 radical (unpaired) electrons. The van der Waals surface area contributed by atoms with Gasteiger partial charge in [-0.3, -0.25) is 14.5 Å². The van der Waals surface area contributed by atoms with Crippen LogP contribution in [0.1, 0.15) is 67.3 Å². The average molecular weight is 427 g/mol. The van der Waals surface area contributed by atoms with Crippen molar-refractivity contribution in [3.05, 3.63) is 35.4 Å². The molecule has 3 fully saturated rings. The van der Waals surface area contributed by atoms with Gasteiger partial charge in [0.15, 0.2) is 0 Å². The Kier molecular flexibility index (Phi) is 7.28. The molecule has 2 atom stereocenters. The highest BCUT2D eigenvalue weighted by Crippen LogP contribution is 2.36. The third-order valence-electron chi connectivity index (χ3n) is 7.26. The van der Waals surface area contributed by atoms with E-state index in [1.54, 1.807) is 0 Å². The van der Waals surface area contributed by atoms with Crippen molar-refractivity contribution < 1.29 is 9.59 Å². The van der Waals surface area contributed by atoms with E-state index in [1.807, 2.05) is 36.1 Å². The minimum absolute atomic E-state index is 0.0381. The minimum Gasteiger partial charge on any atom is -0.353 e. The number of carbonyl (C=O) groups is 2. The van der Waals surface area contributed by atoms with Gasteiger partial charge < -0.3 is 16.0 Å². The molecule has 0 bridgehead atoms. The van der Waals surface area contributed by atoms with Crippen LogP contribution < -0.4 is 11.1 Å². The van der Waals surface area contributed by atoms with Gasteiger partial charge in [0.2, 0.25) is 5.91 Å². The summed E-state index contributed by atoms with van der Waals surface area (Å²) in [7, 11) is 0. The van der Waals surface area contributed by atoms with Crippen LogP contribution in [0.5, 0.6) is 0 Å². The number of amides is 2. The van der Waals surface area contributed by atoms with Gasteiger partial charge in [-0.1, -0.05) is 37.0 Å². The lowest BCUT2D eigenvalue weighted by Gasteiger charge is -2.34. The summed E-state index contributed by atoms with van der Waals surface area (Å²) in [6, 6.07) is 8.15. The smallest absolute Gasteiger partial charge is 0.254 e. The van der Waals surface area contributed by atoms with Crippen LogP contribution >= 0.6 is 0 Å². The first-order valence-corrected chi connectivity index (χ1v) is 12.2. The Morgan fingerprint density at radius 1 is 1.06 bits per heavy atom. The largest absolute Gasteiger partial charge is 0.353 e. The van der Waals surface area contributed by atoms with Crippen LogP contribution in [0.15, 0.2) is 24.3 Å². The van der Waals surface area contributed by atoms with E-state index in [9.17, 15) is 9.59 Å². The van der Waals surface area contributed by atoms with Crippen LogP contribution in [0.4, 0.5) is 0 Å². The Balaban J connectivity index is 1.51. The second kappa shape index (κ2) is 10.1. The zero-order valence-corrected chi connectivity index (χ0v) is 18.9. The molecule has 2 aliphatic carbocycles. The first-order chi connectivity index (χ1) is 15.1. The summed E-state index contributed by atoms with van der Waals surface area (Å²) in [6.45, 7) is 4.63. The summed E-state index contributed by atoms with van der Waals surface area (Å²) >= 11 is 0. The molecule has 6 nitrogen and oxygen atoms in total. The summed E-state index contributed by atoms with van der Waals surface area (Å²) < 4.78 is 0. The summed E-state index contributed by atoms with van der Waals surface area (Å²) in [5.74, 6) is 0.659. The molecule has 1 saturated heterocycles. The highest BCUT2D eigenvalue weighted by Gasteiger charge is 2.45. The van der Waals surface area contributed by atoms with E-state index < -0.39 is 6.04 Å². The van der Waals surface area contributed by atoms with Gasteiger partial charge in [0.05, 0.1) is 0 Å². The number of nitrogens with two attached hydrogens (primary N) is 1. The van der Waals surface area contributed by atoms with Crippen molar-refractivity contribution in [1.82, 2.24) is 15.1 Å². The van der Waals surface area contributed by atoms with Crippen molar-refractivity contribution in [3.63, 3.8) is 0 Å². The summed E-state index contributed by atoms with van der Waals surface area (Å²) in [4.78, 5) is 30.8. The molecule has 2 unspecified atom stereocenters. The van der Waals surface area contributed by atoms with Gasteiger partial charge in [0.25, 0.3) is 5.91 Å². The number of rotatable bonds is 8. The monoisotopic (exact) mass is 426 g/mol. The molecule has 1 aliphatic heterocycles. The van der Waals surface area contributed by atoms with E-state index in [2.05, 4.69) is 10.2 Å². The predicted molar refractivity (Wildman–Crippen MR) is 123 cm³/mol. The molecular formula is C25H38N4O2. The van der Waals surface area contributed by atoms with Gasteiger partial charge in [-0.2, -0.15) is 0 Å². The second-order valence-electron chi connectivity index (χ2n) is 9.74. The molecule has 0 spiro atoms. The zero-order valence-electron chi connectivity index (χ0n) is 18.9. The SMILES string of the molecule is Cc1ccc(C(=O)N2CC(N(CC3CCCCC3)C3CC3)CC2C(=O)NCCN)cc1. The molecule has 0 aromatic heterocycles. The molecule has 31 heavy (non-hydrogen) atoms. The lowest BCUT2D eigenvalue weighted by Crippen LogP contribution is -2.47. The van der Waals surface area contributed by atoms with Crippen molar-refractivity contribution in [2.75, 3.05) is 26.2 Å². The topological polar surface area (TPSA) is 78.7 Å². The van der Waals surface area contributed by atoms with Gasteiger partial charge in [-0.05, 0) is 57.1 Å². The summed E-state index contributed by atoms with van der Waals surface area (Å²) in [5, 5.41) is 2.93. The molecule has 3 aliphatic rings. The van der Waals surface area contributed by atoms with Crippen LogP contribution in [0.3, 0.4) is 0 Å². The van der Waals surface area contributed by atoms with E-state index in [-0.39, 0.29) is 17.9 Å². The maximum Gasteiger partial charge on any atom is 0.254 e. The molecule has 4 rings (SSSR count). The van der Waals surface area contributed by atoms with Crippen LogP contribution in [0, 0.1) is 12.8 Å². The van der Waals surface area contributed by atoms with Crippen molar-refractivity contribution in [3.8, 4) is 0 Å². The number of nitrogens with zero attached hydrogens (tertiary/aromatic N) is 2. The van der Waals surface area contributed by atoms with Crippen LogP contribution in [-0.4, -0.2) is 65.9 Å². The Morgan fingerprint density at radius 3 is 2.42 bits per heavy atom. The fourth-order valence-electron chi connectivity index (χ4n) is 5.37. The number of hydrogen-bond donors (Lipinski definition) is 2. The van der Waals surface area contributed by atoms with Crippen molar-refractivity contribution in [1.29, 1.82) is 0 Å².